The third-order valence-corrected chi connectivity index (χ3v) is 10.2. The Morgan fingerprint density at radius 2 is 0.467 bits per heavy atom. The number of pyridine rings is 2. The van der Waals surface area contributed by atoms with E-state index < -0.39 is 0 Å². The summed E-state index contributed by atoms with van der Waals surface area (Å²) in [7, 11) is 0. The van der Waals surface area contributed by atoms with Crippen LogP contribution in [0.5, 0.6) is 0 Å². The normalized spacial score (nSPS) is 11.2. The van der Waals surface area contributed by atoms with E-state index >= 15 is 0 Å². The molecule has 0 aliphatic rings. The number of aromatic nitrogens is 6. The number of nitrogens with zero attached hydrogens (tertiary/aromatic N) is 6. The zero-order valence-corrected chi connectivity index (χ0v) is 41.5. The van der Waals surface area contributed by atoms with Crippen LogP contribution in [0.3, 0.4) is 0 Å². The summed E-state index contributed by atoms with van der Waals surface area (Å²) in [5.74, 6) is 6.33. The molecule has 0 saturated carbocycles. The minimum absolute atomic E-state index is 0.422. The lowest BCUT2D eigenvalue weighted by molar-refractivity contribution is 0.754. The van der Waals surface area contributed by atoms with Crippen LogP contribution in [0, 0.1) is 0 Å². The van der Waals surface area contributed by atoms with Gasteiger partial charge < -0.3 is 0 Å². The molecule has 0 amide bonds. The lowest BCUT2D eigenvalue weighted by Crippen LogP contribution is -1.99. The highest BCUT2D eigenvalue weighted by Crippen LogP contribution is 2.20. The average Bonchev–Trinajstić information content (AvgIpc) is 3.21. The first-order valence-corrected chi connectivity index (χ1v) is 22.7. The summed E-state index contributed by atoms with van der Waals surface area (Å²) in [4.78, 5) is 26.0. The molecule has 0 spiro atoms. The van der Waals surface area contributed by atoms with Crippen LogP contribution in [0.4, 0.5) is 0 Å². The van der Waals surface area contributed by atoms with Gasteiger partial charge in [-0.15, -0.1) is 0 Å². The fraction of sp³-hybridized carbons (Fsp3) is 0.556. The monoisotopic (exact) mass is 817 g/mol. The van der Waals surface area contributed by atoms with E-state index in [1.807, 2.05) is 37.2 Å². The van der Waals surface area contributed by atoms with E-state index in [4.69, 9.17) is 0 Å². The van der Waals surface area contributed by atoms with Gasteiger partial charge >= 0.3 is 0 Å². The van der Waals surface area contributed by atoms with Crippen LogP contribution in [0.15, 0.2) is 85.7 Å². The predicted octanol–water partition coefficient (Wildman–Crippen LogP) is 16.0. The predicted molar refractivity (Wildman–Crippen MR) is 260 cm³/mol. The van der Waals surface area contributed by atoms with Gasteiger partial charge in [0.2, 0.25) is 0 Å². The van der Waals surface area contributed by atoms with E-state index in [9.17, 15) is 0 Å². The SMILES string of the molecule is CC(C)c1ccc(C(C)C)cc1.CC(C)c1ccc(C(C)C)nc1.CC(C)c1ccc(C(C)C)nc1.CC(C)c1cnc(C(C)C)cn1.CC(C)c1cnc(C(C)C)nc1. The van der Waals surface area contributed by atoms with Crippen LogP contribution in [-0.4, -0.2) is 29.9 Å². The molecule has 330 valence electrons. The van der Waals surface area contributed by atoms with Crippen molar-refractivity contribution in [1.29, 1.82) is 0 Å². The molecule has 0 fully saturated rings. The van der Waals surface area contributed by atoms with Crippen LogP contribution in [0.2, 0.25) is 0 Å². The highest BCUT2D eigenvalue weighted by atomic mass is 14.9. The molecule has 1 aromatic carbocycles. The van der Waals surface area contributed by atoms with Gasteiger partial charge in [-0.1, -0.05) is 175 Å². The van der Waals surface area contributed by atoms with E-state index in [-0.39, 0.29) is 0 Å². The van der Waals surface area contributed by atoms with Gasteiger partial charge in [0.05, 0.1) is 11.4 Å². The minimum Gasteiger partial charge on any atom is -0.261 e. The van der Waals surface area contributed by atoms with Crippen molar-refractivity contribution in [2.24, 2.45) is 0 Å². The van der Waals surface area contributed by atoms with Crippen molar-refractivity contribution in [2.75, 3.05) is 0 Å². The highest BCUT2D eigenvalue weighted by Gasteiger charge is 2.07. The Kier molecular flexibility index (Phi) is 24.6. The van der Waals surface area contributed by atoms with E-state index in [2.05, 4.69) is 217 Å². The smallest absolute Gasteiger partial charge is 0.130 e. The molecule has 60 heavy (non-hydrogen) atoms. The van der Waals surface area contributed by atoms with Crippen LogP contribution in [-0.2, 0) is 0 Å². The van der Waals surface area contributed by atoms with Crippen molar-refractivity contribution in [3.63, 3.8) is 0 Å². The number of hydrogen-bond donors (Lipinski definition) is 0. The lowest BCUT2D eigenvalue weighted by atomic mass is 9.97. The molecule has 6 heteroatoms. The van der Waals surface area contributed by atoms with Crippen LogP contribution in [0.1, 0.15) is 254 Å². The van der Waals surface area contributed by atoms with Crippen molar-refractivity contribution in [1.82, 2.24) is 29.9 Å². The van der Waals surface area contributed by atoms with Crippen molar-refractivity contribution in [2.45, 2.75) is 198 Å². The van der Waals surface area contributed by atoms with Gasteiger partial charge in [-0.25, -0.2) is 9.97 Å². The van der Waals surface area contributed by atoms with Gasteiger partial charge in [0.25, 0.3) is 0 Å². The summed E-state index contributed by atoms with van der Waals surface area (Å²) in [6, 6.07) is 17.5. The molecule has 0 bridgehead atoms. The molecule has 4 heterocycles. The van der Waals surface area contributed by atoms with E-state index in [0.29, 0.717) is 59.2 Å². The molecule has 0 N–H and O–H groups in total. The molecule has 6 nitrogen and oxygen atoms in total. The Morgan fingerprint density at radius 3 is 0.667 bits per heavy atom. The van der Waals surface area contributed by atoms with Crippen molar-refractivity contribution >= 4 is 0 Å². The Hall–Kier alpha value is -4.32. The lowest BCUT2D eigenvalue weighted by Gasteiger charge is -2.08. The Labute approximate surface area is 368 Å². The highest BCUT2D eigenvalue weighted by molar-refractivity contribution is 5.26. The summed E-state index contributed by atoms with van der Waals surface area (Å²) in [6.07, 6.45) is 11.6. The van der Waals surface area contributed by atoms with Gasteiger partial charge in [-0.3, -0.25) is 19.9 Å². The minimum atomic E-state index is 0.422. The summed E-state index contributed by atoms with van der Waals surface area (Å²) < 4.78 is 0. The Bertz CT molecular complexity index is 1360. The summed E-state index contributed by atoms with van der Waals surface area (Å²) in [5, 5.41) is 0. The second-order valence-electron chi connectivity index (χ2n) is 19.0. The first kappa shape index (κ1) is 53.7. The standard InChI is InChI=1S/C12H18.2C11H17N.2C10H16N2/c1-9(2)11-5-7-12(8-6-11)10(3)4;2*1-8(2)10-5-6-11(9(3)4)12-7-10;1-7(2)9-5-12-10(6-11-9)8(3)4;1-7(2)9-5-11-10(8(3)4)12-6-9/h5-10H,1-4H3;2*5-9H,1-4H3;2*5-8H,1-4H3. The van der Waals surface area contributed by atoms with Crippen molar-refractivity contribution < 1.29 is 0 Å². The molecule has 0 aliphatic carbocycles. The van der Waals surface area contributed by atoms with Gasteiger partial charge in [0, 0.05) is 54.5 Å². The zero-order chi connectivity index (χ0) is 45.7. The van der Waals surface area contributed by atoms with Crippen LogP contribution in [0.25, 0.3) is 0 Å². The van der Waals surface area contributed by atoms with Gasteiger partial charge in [0.1, 0.15) is 5.82 Å². The van der Waals surface area contributed by atoms with Crippen LogP contribution >= 0.6 is 0 Å². The zero-order valence-electron chi connectivity index (χ0n) is 41.5. The molecular weight excluding hydrogens is 733 g/mol. The Balaban J connectivity index is 0.000000375. The first-order valence-electron chi connectivity index (χ1n) is 22.7. The average molecular weight is 817 g/mol. The second kappa shape index (κ2) is 27.5. The molecule has 0 aliphatic heterocycles. The molecule has 4 aromatic heterocycles. The quantitative estimate of drug-likeness (QED) is 0.140. The third kappa shape index (κ3) is 20.3. The second-order valence-corrected chi connectivity index (χ2v) is 19.0. The maximum Gasteiger partial charge on any atom is 0.130 e. The molecule has 5 rings (SSSR count). The van der Waals surface area contributed by atoms with E-state index in [1.54, 1.807) is 0 Å². The largest absolute Gasteiger partial charge is 0.261 e. The molecule has 0 atom stereocenters. The van der Waals surface area contributed by atoms with E-state index in [0.717, 1.165) is 17.2 Å². The molecule has 5 aromatic rings. The molecule has 0 unspecified atom stereocenters. The fourth-order valence-electron chi connectivity index (χ4n) is 5.35. The number of rotatable bonds is 10. The maximum atomic E-state index is 4.40. The first-order chi connectivity index (χ1) is 28.0. The molecule has 0 radical (unpaired) electrons. The molecule has 0 saturated heterocycles. The van der Waals surface area contributed by atoms with Crippen molar-refractivity contribution in [3.8, 4) is 0 Å². The van der Waals surface area contributed by atoms with Crippen LogP contribution < -0.4 is 0 Å². The Morgan fingerprint density at radius 1 is 0.217 bits per heavy atom. The summed E-state index contributed by atoms with van der Waals surface area (Å²) >= 11 is 0. The van der Waals surface area contributed by atoms with E-state index in [1.165, 1.54) is 39.2 Å². The topological polar surface area (TPSA) is 77.3 Å². The summed E-state index contributed by atoms with van der Waals surface area (Å²) in [6.45, 7) is 43.3. The third-order valence-electron chi connectivity index (χ3n) is 10.2. The van der Waals surface area contributed by atoms with Gasteiger partial charge in [-0.05, 0) is 93.2 Å². The number of hydrogen-bond acceptors (Lipinski definition) is 6. The molecular formula is C54H84N6. The summed E-state index contributed by atoms with van der Waals surface area (Å²) in [5.41, 5.74) is 11.2. The fourth-order valence-corrected chi connectivity index (χ4v) is 5.35. The maximum absolute atomic E-state index is 4.40. The van der Waals surface area contributed by atoms with Gasteiger partial charge in [-0.2, -0.15) is 0 Å². The number of benzene rings is 1. The van der Waals surface area contributed by atoms with Crippen molar-refractivity contribution in [3.05, 3.63) is 142 Å². The van der Waals surface area contributed by atoms with Gasteiger partial charge in [0.15, 0.2) is 0 Å².